The van der Waals surface area contributed by atoms with Crippen molar-refractivity contribution in [3.05, 3.63) is 131 Å². The number of hydrogen-bond acceptors (Lipinski definition) is 4. The molecule has 9 heteroatoms. The molecule has 0 saturated heterocycles. The Morgan fingerprint density at radius 1 is 0.841 bits per heavy atom. The number of amides is 2. The minimum absolute atomic E-state index is 0.0482. The summed E-state index contributed by atoms with van der Waals surface area (Å²) in [5.74, 6) is -0.810. The van der Waals surface area contributed by atoms with Crippen molar-refractivity contribution in [3.63, 3.8) is 0 Å². The SMILES string of the molecule is CCC(C)NC(=O)C(Cc1ccccc1)N(Cc1ccccc1)C(=O)CN(c1ccc(Cl)cc1C)S(=O)(=O)c1ccccc1. The van der Waals surface area contributed by atoms with Gasteiger partial charge in [0.25, 0.3) is 10.0 Å². The van der Waals surface area contributed by atoms with Crippen LogP contribution in [0.4, 0.5) is 5.69 Å². The minimum Gasteiger partial charge on any atom is -0.352 e. The maximum atomic E-state index is 14.5. The van der Waals surface area contributed by atoms with Crippen molar-refractivity contribution in [1.82, 2.24) is 10.2 Å². The van der Waals surface area contributed by atoms with Gasteiger partial charge in [-0.2, -0.15) is 0 Å². The van der Waals surface area contributed by atoms with Gasteiger partial charge in [-0.15, -0.1) is 0 Å². The van der Waals surface area contributed by atoms with Gasteiger partial charge < -0.3 is 10.2 Å². The summed E-state index contributed by atoms with van der Waals surface area (Å²) in [5.41, 5.74) is 2.62. The molecule has 0 aromatic heterocycles. The summed E-state index contributed by atoms with van der Waals surface area (Å²) in [6.45, 7) is 5.24. The maximum Gasteiger partial charge on any atom is 0.264 e. The highest BCUT2D eigenvalue weighted by atomic mass is 35.5. The smallest absolute Gasteiger partial charge is 0.264 e. The zero-order chi connectivity index (χ0) is 31.7. The van der Waals surface area contributed by atoms with E-state index in [0.717, 1.165) is 21.9 Å². The Morgan fingerprint density at radius 3 is 1.98 bits per heavy atom. The lowest BCUT2D eigenvalue weighted by Crippen LogP contribution is -2.54. The van der Waals surface area contributed by atoms with Gasteiger partial charge in [0, 0.05) is 24.0 Å². The van der Waals surface area contributed by atoms with Crippen molar-refractivity contribution in [2.45, 2.75) is 57.1 Å². The molecular formula is C35H38ClN3O4S. The van der Waals surface area contributed by atoms with Gasteiger partial charge in [0.2, 0.25) is 11.8 Å². The fourth-order valence-corrected chi connectivity index (χ4v) is 6.63. The van der Waals surface area contributed by atoms with Gasteiger partial charge in [0.1, 0.15) is 12.6 Å². The summed E-state index contributed by atoms with van der Waals surface area (Å²) in [5, 5.41) is 3.50. The van der Waals surface area contributed by atoms with Crippen molar-refractivity contribution < 1.29 is 18.0 Å². The molecular weight excluding hydrogens is 594 g/mol. The monoisotopic (exact) mass is 631 g/mol. The van der Waals surface area contributed by atoms with Crippen LogP contribution in [0, 0.1) is 6.92 Å². The highest BCUT2D eigenvalue weighted by Crippen LogP contribution is 2.29. The average Bonchev–Trinajstić information content (AvgIpc) is 3.03. The molecule has 230 valence electrons. The Bertz CT molecular complexity index is 1650. The van der Waals surface area contributed by atoms with Gasteiger partial charge in [0.05, 0.1) is 10.6 Å². The molecule has 2 atom stereocenters. The predicted octanol–water partition coefficient (Wildman–Crippen LogP) is 6.40. The number of anilines is 1. The Hall–Kier alpha value is -4.14. The lowest BCUT2D eigenvalue weighted by Gasteiger charge is -2.34. The highest BCUT2D eigenvalue weighted by Gasteiger charge is 2.35. The zero-order valence-electron chi connectivity index (χ0n) is 25.2. The molecule has 0 bridgehead atoms. The van der Waals surface area contributed by atoms with E-state index < -0.39 is 28.5 Å². The molecule has 0 radical (unpaired) electrons. The van der Waals surface area contributed by atoms with Crippen LogP contribution >= 0.6 is 11.6 Å². The van der Waals surface area contributed by atoms with E-state index in [1.54, 1.807) is 43.3 Å². The van der Waals surface area contributed by atoms with Crippen molar-refractivity contribution in [2.24, 2.45) is 0 Å². The molecule has 0 aliphatic rings. The average molecular weight is 632 g/mol. The molecule has 0 aliphatic carbocycles. The van der Waals surface area contributed by atoms with E-state index in [9.17, 15) is 18.0 Å². The molecule has 0 saturated carbocycles. The van der Waals surface area contributed by atoms with Crippen LogP contribution in [0.5, 0.6) is 0 Å². The molecule has 0 spiro atoms. The molecule has 4 aromatic carbocycles. The number of sulfonamides is 1. The Labute approximate surface area is 265 Å². The van der Waals surface area contributed by atoms with Crippen LogP contribution in [0.15, 0.2) is 114 Å². The number of nitrogens with one attached hydrogen (secondary N) is 1. The van der Waals surface area contributed by atoms with Crippen LogP contribution < -0.4 is 9.62 Å². The van der Waals surface area contributed by atoms with E-state index in [1.807, 2.05) is 74.5 Å². The number of rotatable bonds is 13. The molecule has 0 heterocycles. The number of nitrogens with zero attached hydrogens (tertiary/aromatic N) is 2. The fourth-order valence-electron chi connectivity index (χ4n) is 4.91. The number of carbonyl (C=O) groups is 2. The van der Waals surface area contributed by atoms with Crippen LogP contribution in [0.3, 0.4) is 0 Å². The topological polar surface area (TPSA) is 86.8 Å². The second kappa shape index (κ2) is 15.0. The van der Waals surface area contributed by atoms with Crippen molar-refractivity contribution >= 4 is 39.1 Å². The third-order valence-electron chi connectivity index (χ3n) is 7.51. The molecule has 4 aromatic rings. The zero-order valence-corrected chi connectivity index (χ0v) is 26.8. The summed E-state index contributed by atoms with van der Waals surface area (Å²) in [7, 11) is -4.18. The Balaban J connectivity index is 1.81. The number of halogens is 1. The quantitative estimate of drug-likeness (QED) is 0.185. The summed E-state index contributed by atoms with van der Waals surface area (Å²) in [6.07, 6.45) is 0.975. The summed E-state index contributed by atoms with van der Waals surface area (Å²) in [6, 6.07) is 30.7. The second-order valence-electron chi connectivity index (χ2n) is 10.8. The van der Waals surface area contributed by atoms with Gasteiger partial charge in [-0.1, -0.05) is 97.4 Å². The van der Waals surface area contributed by atoms with Crippen LogP contribution in [-0.4, -0.2) is 43.8 Å². The normalized spacial score (nSPS) is 12.6. The molecule has 2 unspecified atom stereocenters. The van der Waals surface area contributed by atoms with Gasteiger partial charge in [-0.05, 0) is 67.3 Å². The summed E-state index contributed by atoms with van der Waals surface area (Å²) < 4.78 is 29.3. The van der Waals surface area contributed by atoms with E-state index in [2.05, 4.69) is 5.32 Å². The van der Waals surface area contributed by atoms with E-state index >= 15 is 0 Å². The summed E-state index contributed by atoms with van der Waals surface area (Å²) >= 11 is 6.22. The first-order valence-corrected chi connectivity index (χ1v) is 16.4. The molecule has 44 heavy (non-hydrogen) atoms. The van der Waals surface area contributed by atoms with Gasteiger partial charge in [-0.3, -0.25) is 13.9 Å². The lowest BCUT2D eigenvalue weighted by atomic mass is 10.0. The fraction of sp³-hybridized carbons (Fsp3) is 0.257. The van der Waals surface area contributed by atoms with Crippen LogP contribution in [-0.2, 0) is 32.6 Å². The Kier molecular flexibility index (Phi) is 11.2. The van der Waals surface area contributed by atoms with Gasteiger partial charge in [0.15, 0.2) is 0 Å². The third kappa shape index (κ3) is 8.27. The molecule has 4 rings (SSSR count). The van der Waals surface area contributed by atoms with Gasteiger partial charge in [-0.25, -0.2) is 8.42 Å². The first-order valence-electron chi connectivity index (χ1n) is 14.6. The van der Waals surface area contributed by atoms with E-state index in [-0.39, 0.29) is 29.8 Å². The van der Waals surface area contributed by atoms with Crippen LogP contribution in [0.25, 0.3) is 0 Å². The molecule has 0 fully saturated rings. The highest BCUT2D eigenvalue weighted by molar-refractivity contribution is 7.92. The number of aryl methyl sites for hydroxylation is 1. The molecule has 0 aliphatic heterocycles. The van der Waals surface area contributed by atoms with Crippen LogP contribution in [0.2, 0.25) is 5.02 Å². The van der Waals surface area contributed by atoms with E-state index in [4.69, 9.17) is 11.6 Å². The molecule has 2 amide bonds. The van der Waals surface area contributed by atoms with Gasteiger partial charge >= 0.3 is 0 Å². The van der Waals surface area contributed by atoms with Crippen molar-refractivity contribution in [1.29, 1.82) is 0 Å². The summed E-state index contributed by atoms with van der Waals surface area (Å²) in [4.78, 5) is 29.9. The Morgan fingerprint density at radius 2 is 1.41 bits per heavy atom. The minimum atomic E-state index is -4.18. The first kappa shape index (κ1) is 32.8. The van der Waals surface area contributed by atoms with Crippen LogP contribution in [0.1, 0.15) is 37.0 Å². The number of carbonyl (C=O) groups excluding carboxylic acids is 2. The largest absolute Gasteiger partial charge is 0.352 e. The van der Waals surface area contributed by atoms with E-state index in [1.165, 1.54) is 17.0 Å². The van der Waals surface area contributed by atoms with Crippen molar-refractivity contribution in [2.75, 3.05) is 10.8 Å². The van der Waals surface area contributed by atoms with Crippen molar-refractivity contribution in [3.8, 4) is 0 Å². The second-order valence-corrected chi connectivity index (χ2v) is 13.1. The maximum absolute atomic E-state index is 14.5. The third-order valence-corrected chi connectivity index (χ3v) is 9.51. The lowest BCUT2D eigenvalue weighted by molar-refractivity contribution is -0.140. The molecule has 7 nitrogen and oxygen atoms in total. The number of benzene rings is 4. The first-order chi connectivity index (χ1) is 21.1. The number of hydrogen-bond donors (Lipinski definition) is 1. The standard InChI is InChI=1S/C35H38ClN3O4S/c1-4-27(3)37-35(41)33(23-28-14-8-5-9-15-28)38(24-29-16-10-6-11-17-29)34(40)25-39(32-21-20-30(36)22-26(32)2)44(42,43)31-18-12-7-13-19-31/h5-22,27,33H,4,23-25H2,1-3H3,(H,37,41). The van der Waals surface area contributed by atoms with E-state index in [0.29, 0.717) is 16.3 Å². The molecule has 1 N–H and O–H groups in total. The predicted molar refractivity (Wildman–Crippen MR) is 176 cm³/mol.